The number of nitrogens with zero attached hydrogens (tertiary/aromatic N) is 1. The maximum atomic E-state index is 11.3. The smallest absolute Gasteiger partial charge is 0.427 e. The molecule has 1 aromatic rings. The Kier molecular flexibility index (Phi) is 14.9. The largest absolute Gasteiger partial charge is 0.452 e. The van der Waals surface area contributed by atoms with E-state index in [4.69, 9.17) is 0 Å². The van der Waals surface area contributed by atoms with E-state index < -0.39 is 6.09 Å². The molecule has 1 aromatic carbocycles. The van der Waals surface area contributed by atoms with Crippen molar-refractivity contribution in [1.29, 1.82) is 0 Å². The van der Waals surface area contributed by atoms with E-state index in [2.05, 4.69) is 22.2 Å². The fourth-order valence-electron chi connectivity index (χ4n) is 3.36. The highest BCUT2D eigenvalue weighted by Crippen LogP contribution is 2.14. The van der Waals surface area contributed by atoms with Gasteiger partial charge in [-0.3, -0.25) is 0 Å². The van der Waals surface area contributed by atoms with E-state index in [9.17, 15) is 4.79 Å². The lowest BCUT2D eigenvalue weighted by Crippen LogP contribution is -2.19. The number of hydrogen-bond acceptors (Lipinski definition) is 3. The van der Waals surface area contributed by atoms with Gasteiger partial charge in [0.2, 0.25) is 0 Å². The Labute approximate surface area is 172 Å². The highest BCUT2D eigenvalue weighted by atomic mass is 16.5. The predicted octanol–water partition coefficient (Wildman–Crippen LogP) is 7.23. The van der Waals surface area contributed by atoms with Crippen molar-refractivity contribution >= 4 is 11.8 Å². The standard InChI is InChI=1S/C24H40N2O2/c1-3-4-5-6-7-8-9-10-11-12-13-14-18-21-23(25-26-24(27)28-2)22-19-16-15-17-20-22/h15-17,19-20H,3-14,18,21H2,1-2H3,(H,26,27)/b25-23+. The second-order valence-corrected chi connectivity index (χ2v) is 7.52. The van der Waals surface area contributed by atoms with Gasteiger partial charge >= 0.3 is 6.09 Å². The fourth-order valence-corrected chi connectivity index (χ4v) is 3.36. The molecular weight excluding hydrogens is 348 g/mol. The molecule has 0 aliphatic rings. The predicted molar refractivity (Wildman–Crippen MR) is 119 cm³/mol. The molecule has 1 N–H and O–H groups in total. The monoisotopic (exact) mass is 388 g/mol. The van der Waals surface area contributed by atoms with Gasteiger partial charge in [0.05, 0.1) is 12.8 Å². The molecule has 0 unspecified atom stereocenters. The van der Waals surface area contributed by atoms with Gasteiger partial charge in [-0.1, -0.05) is 114 Å². The molecule has 0 aliphatic carbocycles. The summed E-state index contributed by atoms with van der Waals surface area (Å²) in [6.07, 6.45) is 17.8. The van der Waals surface area contributed by atoms with Gasteiger partial charge in [-0.25, -0.2) is 10.2 Å². The third-order valence-electron chi connectivity index (χ3n) is 5.09. The molecular formula is C24H40N2O2. The van der Waals surface area contributed by atoms with Crippen LogP contribution in [-0.4, -0.2) is 18.9 Å². The summed E-state index contributed by atoms with van der Waals surface area (Å²) >= 11 is 0. The Hall–Kier alpha value is -1.84. The SMILES string of the molecule is CCCCCCCCCCCCCCC/C(=N\NC(=O)OC)c1ccccc1. The number of amides is 1. The minimum atomic E-state index is -0.529. The van der Waals surface area contributed by atoms with Crippen LogP contribution in [0.15, 0.2) is 35.4 Å². The summed E-state index contributed by atoms with van der Waals surface area (Å²) in [4.78, 5) is 11.3. The molecule has 1 rings (SSSR count). The molecule has 0 bridgehead atoms. The number of carbonyl (C=O) groups is 1. The molecule has 0 radical (unpaired) electrons. The first-order valence-electron chi connectivity index (χ1n) is 11.2. The highest BCUT2D eigenvalue weighted by Gasteiger charge is 2.05. The minimum absolute atomic E-state index is 0.529. The highest BCUT2D eigenvalue weighted by molar-refractivity contribution is 6.00. The number of methoxy groups -OCH3 is 1. The van der Waals surface area contributed by atoms with Gasteiger partial charge in [0.1, 0.15) is 0 Å². The molecule has 1 amide bonds. The Bertz CT molecular complexity index is 529. The number of hydrazone groups is 1. The lowest BCUT2D eigenvalue weighted by atomic mass is 10.0. The van der Waals surface area contributed by atoms with Crippen molar-refractivity contribution in [3.05, 3.63) is 35.9 Å². The molecule has 4 nitrogen and oxygen atoms in total. The maximum Gasteiger partial charge on any atom is 0.427 e. The molecule has 0 fully saturated rings. The first kappa shape index (κ1) is 24.2. The van der Waals surface area contributed by atoms with Crippen LogP contribution in [0.5, 0.6) is 0 Å². The van der Waals surface area contributed by atoms with Crippen LogP contribution in [0.25, 0.3) is 0 Å². The molecule has 4 heteroatoms. The number of unbranched alkanes of at least 4 members (excludes halogenated alkanes) is 12. The zero-order valence-electron chi connectivity index (χ0n) is 18.0. The number of carbonyl (C=O) groups excluding carboxylic acids is 1. The third kappa shape index (κ3) is 12.5. The van der Waals surface area contributed by atoms with E-state index in [1.165, 1.54) is 84.2 Å². The molecule has 0 aromatic heterocycles. The molecule has 0 aliphatic heterocycles. The van der Waals surface area contributed by atoms with Gasteiger partial charge in [0.25, 0.3) is 0 Å². The van der Waals surface area contributed by atoms with Crippen molar-refractivity contribution in [2.75, 3.05) is 7.11 Å². The molecule has 0 atom stereocenters. The van der Waals surface area contributed by atoms with Gasteiger partial charge < -0.3 is 4.74 Å². The van der Waals surface area contributed by atoms with Gasteiger partial charge in [-0.05, 0) is 18.4 Å². The van der Waals surface area contributed by atoms with E-state index in [0.717, 1.165) is 24.1 Å². The minimum Gasteiger partial charge on any atom is -0.452 e. The van der Waals surface area contributed by atoms with Gasteiger partial charge in [0, 0.05) is 0 Å². The topological polar surface area (TPSA) is 50.7 Å². The van der Waals surface area contributed by atoms with Crippen molar-refractivity contribution in [2.45, 2.75) is 96.8 Å². The van der Waals surface area contributed by atoms with Crippen LogP contribution < -0.4 is 5.43 Å². The zero-order valence-corrected chi connectivity index (χ0v) is 18.0. The summed E-state index contributed by atoms with van der Waals surface area (Å²) in [5.74, 6) is 0. The quantitative estimate of drug-likeness (QED) is 0.184. The zero-order chi connectivity index (χ0) is 20.3. The Morgan fingerprint density at radius 3 is 1.82 bits per heavy atom. The summed E-state index contributed by atoms with van der Waals surface area (Å²) in [6.45, 7) is 2.27. The second kappa shape index (κ2) is 17.3. The van der Waals surface area contributed by atoms with Gasteiger partial charge in [-0.15, -0.1) is 0 Å². The molecule has 158 valence electrons. The first-order chi connectivity index (χ1) is 13.8. The van der Waals surface area contributed by atoms with E-state index in [1.807, 2.05) is 30.3 Å². The lowest BCUT2D eigenvalue weighted by Gasteiger charge is -2.07. The number of hydrogen-bond donors (Lipinski definition) is 1. The molecule has 0 heterocycles. The number of ether oxygens (including phenoxy) is 1. The van der Waals surface area contributed by atoms with Crippen LogP contribution in [-0.2, 0) is 4.74 Å². The second-order valence-electron chi connectivity index (χ2n) is 7.52. The van der Waals surface area contributed by atoms with Crippen LogP contribution >= 0.6 is 0 Å². The van der Waals surface area contributed by atoms with Crippen molar-refractivity contribution in [3.8, 4) is 0 Å². The van der Waals surface area contributed by atoms with Crippen LogP contribution in [0, 0.1) is 0 Å². The summed E-state index contributed by atoms with van der Waals surface area (Å²) in [5, 5.41) is 4.25. The first-order valence-corrected chi connectivity index (χ1v) is 11.2. The molecule has 28 heavy (non-hydrogen) atoms. The summed E-state index contributed by atoms with van der Waals surface area (Å²) in [5.41, 5.74) is 4.42. The van der Waals surface area contributed by atoms with Crippen molar-refractivity contribution in [1.82, 2.24) is 5.43 Å². The summed E-state index contributed by atoms with van der Waals surface area (Å²) in [6, 6.07) is 10.0. The lowest BCUT2D eigenvalue weighted by molar-refractivity contribution is 0.171. The maximum absolute atomic E-state index is 11.3. The average molecular weight is 389 g/mol. The third-order valence-corrected chi connectivity index (χ3v) is 5.09. The summed E-state index contributed by atoms with van der Waals surface area (Å²) < 4.78 is 4.60. The Balaban J connectivity index is 2.12. The van der Waals surface area contributed by atoms with Crippen molar-refractivity contribution in [2.24, 2.45) is 5.10 Å². The molecule has 0 saturated heterocycles. The van der Waals surface area contributed by atoms with E-state index in [0.29, 0.717) is 0 Å². The molecule has 0 spiro atoms. The van der Waals surface area contributed by atoms with Gasteiger partial charge in [0.15, 0.2) is 0 Å². The summed E-state index contributed by atoms with van der Waals surface area (Å²) in [7, 11) is 1.35. The van der Waals surface area contributed by atoms with Crippen molar-refractivity contribution < 1.29 is 9.53 Å². The normalized spacial score (nSPS) is 11.4. The van der Waals surface area contributed by atoms with Crippen LogP contribution in [0.4, 0.5) is 4.79 Å². The Morgan fingerprint density at radius 1 is 0.821 bits per heavy atom. The van der Waals surface area contributed by atoms with Crippen molar-refractivity contribution in [3.63, 3.8) is 0 Å². The number of nitrogens with one attached hydrogen (secondary N) is 1. The van der Waals surface area contributed by atoms with Crippen LogP contribution in [0.1, 0.15) is 102 Å². The number of rotatable bonds is 16. The van der Waals surface area contributed by atoms with Gasteiger partial charge in [-0.2, -0.15) is 5.10 Å². The number of benzene rings is 1. The van der Waals surface area contributed by atoms with E-state index in [1.54, 1.807) is 0 Å². The van der Waals surface area contributed by atoms with Crippen LogP contribution in [0.3, 0.4) is 0 Å². The fraction of sp³-hybridized carbons (Fsp3) is 0.667. The van der Waals surface area contributed by atoms with Crippen LogP contribution in [0.2, 0.25) is 0 Å². The van der Waals surface area contributed by atoms with E-state index in [-0.39, 0.29) is 0 Å². The average Bonchev–Trinajstić information content (AvgIpc) is 2.73. The van der Waals surface area contributed by atoms with E-state index >= 15 is 0 Å². The molecule has 0 saturated carbocycles. The Morgan fingerprint density at radius 2 is 1.32 bits per heavy atom.